The fraction of sp³-hybridized carbons (Fsp3) is 0.500. The second kappa shape index (κ2) is 5.89. The second-order valence-electron chi connectivity index (χ2n) is 3.69. The molecule has 88 valence electrons. The van der Waals surface area contributed by atoms with E-state index < -0.39 is 0 Å². The normalized spacial score (nSPS) is 10.2. The average Bonchev–Trinajstić information content (AvgIpc) is 2.23. The number of hydrogen-bond donors (Lipinski definition) is 0. The zero-order valence-electron chi connectivity index (χ0n) is 10.2. The van der Waals surface area contributed by atoms with Crippen LogP contribution >= 0.6 is 11.8 Å². The van der Waals surface area contributed by atoms with Crippen LogP contribution in [0.5, 0.6) is 5.75 Å². The van der Waals surface area contributed by atoms with Gasteiger partial charge in [-0.25, -0.2) is 0 Å². The summed E-state index contributed by atoms with van der Waals surface area (Å²) in [6, 6.07) is 0. The Balaban J connectivity index is 2.93. The lowest BCUT2D eigenvalue weighted by atomic mass is 10.1. The highest BCUT2D eigenvalue weighted by Crippen LogP contribution is 2.24. The Morgan fingerprint density at radius 2 is 2.19 bits per heavy atom. The first-order valence-electron chi connectivity index (χ1n) is 5.09. The molecule has 0 saturated carbocycles. The molecular formula is C12H17NO2S. The average molecular weight is 239 g/mol. The van der Waals surface area contributed by atoms with Crippen molar-refractivity contribution >= 4 is 17.5 Å². The molecule has 0 fully saturated rings. The van der Waals surface area contributed by atoms with Gasteiger partial charge in [0.2, 0.25) is 0 Å². The smallest absolute Gasteiger partial charge is 0.148 e. The minimum Gasteiger partial charge on any atom is -0.496 e. The number of carbonyl (C=O) groups excluding carboxylic acids is 1. The van der Waals surface area contributed by atoms with E-state index in [9.17, 15) is 4.79 Å². The molecule has 1 heterocycles. The zero-order chi connectivity index (χ0) is 12.1. The quantitative estimate of drug-likeness (QED) is 0.789. The molecule has 16 heavy (non-hydrogen) atoms. The van der Waals surface area contributed by atoms with E-state index in [0.717, 1.165) is 22.6 Å². The molecule has 3 nitrogen and oxygen atoms in total. The fourth-order valence-electron chi connectivity index (χ4n) is 1.65. The van der Waals surface area contributed by atoms with Gasteiger partial charge in [-0.2, -0.15) is 11.8 Å². The van der Waals surface area contributed by atoms with Gasteiger partial charge < -0.3 is 4.74 Å². The van der Waals surface area contributed by atoms with E-state index in [2.05, 4.69) is 4.98 Å². The molecule has 1 rings (SSSR count). The van der Waals surface area contributed by atoms with Crippen molar-refractivity contribution in [2.75, 3.05) is 19.1 Å². The molecule has 1 aromatic heterocycles. The first kappa shape index (κ1) is 13.0. The maximum atomic E-state index is 11.5. The van der Waals surface area contributed by atoms with Gasteiger partial charge in [-0.05, 0) is 20.1 Å². The Hall–Kier alpha value is -1.03. The van der Waals surface area contributed by atoms with E-state index in [-0.39, 0.29) is 5.78 Å². The number of ketones is 1. The number of thioether (sulfide) groups is 1. The Bertz CT molecular complexity index is 391. The number of methoxy groups -OCH3 is 1. The van der Waals surface area contributed by atoms with E-state index in [1.807, 2.05) is 20.1 Å². The third kappa shape index (κ3) is 2.98. The van der Waals surface area contributed by atoms with Crippen LogP contribution in [0.3, 0.4) is 0 Å². The maximum absolute atomic E-state index is 11.5. The summed E-state index contributed by atoms with van der Waals surface area (Å²) in [6.45, 7) is 3.90. The van der Waals surface area contributed by atoms with Crippen LogP contribution in [0.2, 0.25) is 0 Å². The van der Waals surface area contributed by atoms with Crippen molar-refractivity contribution in [1.29, 1.82) is 0 Å². The molecule has 1 aromatic rings. The third-order valence-corrected chi connectivity index (χ3v) is 3.03. The lowest BCUT2D eigenvalue weighted by Gasteiger charge is -2.11. The SMILES string of the molecule is COc1c(C)cnc(CC(=O)CSC)c1C. The van der Waals surface area contributed by atoms with Gasteiger partial charge in [0.05, 0.1) is 18.6 Å². The highest BCUT2D eigenvalue weighted by atomic mass is 32.2. The number of aryl methyl sites for hydroxylation is 1. The van der Waals surface area contributed by atoms with E-state index in [4.69, 9.17) is 4.74 Å². The Morgan fingerprint density at radius 1 is 1.50 bits per heavy atom. The predicted octanol–water partition coefficient (Wildman–Crippen LogP) is 2.18. The van der Waals surface area contributed by atoms with Gasteiger partial charge in [-0.1, -0.05) is 0 Å². The van der Waals surface area contributed by atoms with Crippen LogP contribution in [0.1, 0.15) is 16.8 Å². The van der Waals surface area contributed by atoms with Gasteiger partial charge in [0.15, 0.2) is 0 Å². The number of ether oxygens (including phenoxy) is 1. The number of nitrogens with zero attached hydrogens (tertiary/aromatic N) is 1. The fourth-order valence-corrected chi connectivity index (χ4v) is 2.07. The van der Waals surface area contributed by atoms with E-state index in [1.54, 1.807) is 13.3 Å². The monoisotopic (exact) mass is 239 g/mol. The zero-order valence-corrected chi connectivity index (χ0v) is 11.0. The molecule has 0 atom stereocenters. The van der Waals surface area contributed by atoms with Crippen LogP contribution in [-0.2, 0) is 11.2 Å². The summed E-state index contributed by atoms with van der Waals surface area (Å²) < 4.78 is 5.30. The highest BCUT2D eigenvalue weighted by Gasteiger charge is 2.12. The van der Waals surface area contributed by atoms with Crippen molar-refractivity contribution in [2.24, 2.45) is 0 Å². The van der Waals surface area contributed by atoms with Gasteiger partial charge in [-0.15, -0.1) is 0 Å². The first-order valence-corrected chi connectivity index (χ1v) is 6.49. The molecule has 0 amide bonds. The predicted molar refractivity (Wildman–Crippen MR) is 67.4 cm³/mol. The van der Waals surface area contributed by atoms with E-state index in [1.165, 1.54) is 11.8 Å². The van der Waals surface area contributed by atoms with Gasteiger partial charge in [-0.3, -0.25) is 9.78 Å². The molecule has 0 bridgehead atoms. The summed E-state index contributed by atoms with van der Waals surface area (Å²) in [5.74, 6) is 1.58. The van der Waals surface area contributed by atoms with Crippen molar-refractivity contribution < 1.29 is 9.53 Å². The summed E-state index contributed by atoms with van der Waals surface area (Å²) in [7, 11) is 1.64. The van der Waals surface area contributed by atoms with Crippen molar-refractivity contribution in [2.45, 2.75) is 20.3 Å². The number of pyridine rings is 1. The topological polar surface area (TPSA) is 39.2 Å². The van der Waals surface area contributed by atoms with Gasteiger partial charge >= 0.3 is 0 Å². The third-order valence-electron chi connectivity index (χ3n) is 2.42. The van der Waals surface area contributed by atoms with E-state index in [0.29, 0.717) is 12.2 Å². The summed E-state index contributed by atoms with van der Waals surface area (Å²) in [5.41, 5.74) is 2.79. The van der Waals surface area contributed by atoms with Crippen LogP contribution in [-0.4, -0.2) is 29.9 Å². The summed E-state index contributed by atoms with van der Waals surface area (Å²) >= 11 is 1.54. The number of Topliss-reactive ketones (excluding diaryl/α,β-unsaturated/α-hetero) is 1. The summed E-state index contributed by atoms with van der Waals surface area (Å²) in [4.78, 5) is 15.8. The molecule has 0 aliphatic carbocycles. The van der Waals surface area contributed by atoms with Crippen LogP contribution in [0.4, 0.5) is 0 Å². The van der Waals surface area contributed by atoms with Crippen molar-refractivity contribution in [3.8, 4) is 5.75 Å². The molecule has 0 aliphatic heterocycles. The van der Waals surface area contributed by atoms with Gasteiger partial charge in [0, 0.05) is 23.7 Å². The Morgan fingerprint density at radius 3 is 2.75 bits per heavy atom. The van der Waals surface area contributed by atoms with Gasteiger partial charge in [0.1, 0.15) is 11.5 Å². The molecule has 0 aromatic carbocycles. The molecular weight excluding hydrogens is 222 g/mol. The number of aromatic nitrogens is 1. The van der Waals surface area contributed by atoms with Crippen molar-refractivity contribution in [1.82, 2.24) is 4.98 Å². The molecule has 0 aliphatic rings. The molecule has 0 saturated heterocycles. The molecule has 4 heteroatoms. The van der Waals surface area contributed by atoms with E-state index >= 15 is 0 Å². The number of hydrogen-bond acceptors (Lipinski definition) is 4. The number of rotatable bonds is 5. The van der Waals surface area contributed by atoms with Crippen LogP contribution in [0.15, 0.2) is 6.20 Å². The maximum Gasteiger partial charge on any atom is 0.148 e. The van der Waals surface area contributed by atoms with Crippen LogP contribution < -0.4 is 4.74 Å². The lowest BCUT2D eigenvalue weighted by Crippen LogP contribution is -2.09. The summed E-state index contributed by atoms with van der Waals surface area (Å²) in [6.07, 6.45) is 4.07. The molecule has 0 unspecified atom stereocenters. The Labute approximate surface area is 101 Å². The molecule has 0 spiro atoms. The largest absolute Gasteiger partial charge is 0.496 e. The van der Waals surface area contributed by atoms with Crippen LogP contribution in [0, 0.1) is 13.8 Å². The highest BCUT2D eigenvalue weighted by molar-refractivity contribution is 7.99. The van der Waals surface area contributed by atoms with Crippen molar-refractivity contribution in [3.05, 3.63) is 23.0 Å². The lowest BCUT2D eigenvalue weighted by molar-refractivity contribution is -0.116. The van der Waals surface area contributed by atoms with Crippen LogP contribution in [0.25, 0.3) is 0 Å². The summed E-state index contributed by atoms with van der Waals surface area (Å²) in [5, 5.41) is 0. The Kier molecular flexibility index (Phi) is 4.80. The van der Waals surface area contributed by atoms with Gasteiger partial charge in [0.25, 0.3) is 0 Å². The second-order valence-corrected chi connectivity index (χ2v) is 4.56. The minimum absolute atomic E-state index is 0.203. The van der Waals surface area contributed by atoms with Crippen molar-refractivity contribution in [3.63, 3.8) is 0 Å². The molecule has 0 N–H and O–H groups in total. The molecule has 0 radical (unpaired) electrons. The standard InChI is InChI=1S/C12H17NO2S/c1-8-6-13-11(5-10(14)7-16-4)9(2)12(8)15-3/h6H,5,7H2,1-4H3. The number of carbonyl (C=O) groups is 1. The minimum atomic E-state index is 0.203. The first-order chi connectivity index (χ1) is 7.60.